The largest absolute Gasteiger partial charge is 1.00 e. The standard InChI is InChI=1S/C10H19NO7.C9H14N2O3.2C2H6.Na/c1-2-3-7-4-5-11(6-7)8(12)18-10(16,17)9(13,14)15;1-3-7(4-2)8-5-6-10-11(8)9(12,13)14;2*1-2;/h7,13-17H,2-6H2,1H3;5-7,12-14H,1-4H2;2*1-2H3;/q;-2;;;+1. The van der Waals surface area contributed by atoms with Crippen LogP contribution in [0.15, 0.2) is 12.3 Å². The summed E-state index contributed by atoms with van der Waals surface area (Å²) >= 11 is 0. The maximum absolute atomic E-state index is 11.5. The van der Waals surface area contributed by atoms with Gasteiger partial charge >= 0.3 is 53.7 Å². The first-order valence-corrected chi connectivity index (χ1v) is 12.1. The molecule has 0 bridgehead atoms. The molecule has 1 fully saturated rings. The molecule has 1 aromatic rings. The van der Waals surface area contributed by atoms with Crippen LogP contribution in [0.2, 0.25) is 0 Å². The molecule has 1 aromatic heterocycles. The molecule has 1 aliphatic heterocycles. The molecular formula is C23H45N3NaO10-. The van der Waals surface area contributed by atoms with Gasteiger partial charge in [0.1, 0.15) is 0 Å². The first-order valence-electron chi connectivity index (χ1n) is 12.1. The van der Waals surface area contributed by atoms with Gasteiger partial charge in [0.15, 0.2) is 0 Å². The van der Waals surface area contributed by atoms with E-state index in [0.717, 1.165) is 23.9 Å². The number of aromatic nitrogens is 2. The van der Waals surface area contributed by atoms with Gasteiger partial charge in [-0.15, -0.1) is 0 Å². The monoisotopic (exact) mass is 546 g/mol. The van der Waals surface area contributed by atoms with Gasteiger partial charge in [0.05, 0.1) is 0 Å². The number of nitrogens with zero attached hydrogens (tertiary/aromatic N) is 3. The molecule has 2 rings (SSSR count). The number of amides is 1. The molecule has 37 heavy (non-hydrogen) atoms. The van der Waals surface area contributed by atoms with Crippen LogP contribution in [0.1, 0.15) is 78.3 Å². The van der Waals surface area contributed by atoms with Crippen molar-refractivity contribution in [1.29, 1.82) is 0 Å². The summed E-state index contributed by atoms with van der Waals surface area (Å²) in [5.41, 5.74) is 0.502. The smallest absolute Gasteiger partial charge is 0.385 e. The molecule has 14 heteroatoms. The van der Waals surface area contributed by atoms with Crippen LogP contribution in [0, 0.1) is 19.8 Å². The van der Waals surface area contributed by atoms with Crippen LogP contribution >= 0.6 is 0 Å². The second kappa shape index (κ2) is 19.3. The summed E-state index contributed by atoms with van der Waals surface area (Å²) in [5, 5.41) is 74.3. The van der Waals surface area contributed by atoms with Gasteiger partial charge in [-0.25, -0.2) is 4.79 Å². The Morgan fingerprint density at radius 2 is 1.59 bits per heavy atom. The van der Waals surface area contributed by atoms with E-state index in [4.69, 9.17) is 40.9 Å². The SMILES string of the molecule is CC.CC.CCCC1CCN(C(=O)OC(O)(O)C(O)(O)O)C1.[CH2-]CC(C[CH2-])c1ccnn1C(O)(O)O.[Na+]. The van der Waals surface area contributed by atoms with Crippen LogP contribution < -0.4 is 29.6 Å². The molecule has 1 atom stereocenters. The third-order valence-electron chi connectivity index (χ3n) is 4.98. The zero-order valence-electron chi connectivity index (χ0n) is 22.9. The van der Waals surface area contributed by atoms with E-state index in [1.165, 1.54) is 11.1 Å². The minimum atomic E-state index is -3.94. The fourth-order valence-electron chi connectivity index (χ4n) is 3.21. The molecule has 1 unspecified atom stereocenters. The second-order valence-corrected chi connectivity index (χ2v) is 7.54. The van der Waals surface area contributed by atoms with Gasteiger partial charge in [-0.3, -0.25) is 0 Å². The van der Waals surface area contributed by atoms with Crippen molar-refractivity contribution in [1.82, 2.24) is 14.7 Å². The van der Waals surface area contributed by atoms with Crippen LogP contribution in [0.25, 0.3) is 0 Å². The van der Waals surface area contributed by atoms with E-state index in [1.807, 2.05) is 34.6 Å². The van der Waals surface area contributed by atoms with E-state index in [-0.39, 0.29) is 35.5 Å². The van der Waals surface area contributed by atoms with Crippen molar-refractivity contribution in [2.75, 3.05) is 13.1 Å². The minimum absolute atomic E-state index is 0. The van der Waals surface area contributed by atoms with Crippen molar-refractivity contribution >= 4 is 6.09 Å². The molecule has 1 saturated heterocycles. The van der Waals surface area contributed by atoms with Gasteiger partial charge in [0.2, 0.25) is 0 Å². The van der Waals surface area contributed by atoms with Crippen molar-refractivity contribution in [3.05, 3.63) is 31.8 Å². The summed E-state index contributed by atoms with van der Waals surface area (Å²) in [6, 6.07) is 1.60. The zero-order valence-corrected chi connectivity index (χ0v) is 24.9. The predicted octanol–water partition coefficient (Wildman–Crippen LogP) is -2.47. The average molecular weight is 547 g/mol. The van der Waals surface area contributed by atoms with Crippen molar-refractivity contribution in [2.24, 2.45) is 5.92 Å². The Balaban J connectivity index is -0.000000548. The Morgan fingerprint density at radius 1 is 1.08 bits per heavy atom. The molecule has 13 nitrogen and oxygen atoms in total. The number of hydrogen-bond donors (Lipinski definition) is 8. The van der Waals surface area contributed by atoms with E-state index < -0.39 is 24.1 Å². The number of aliphatic hydroxyl groups is 8. The number of ether oxygens (including phenoxy) is 1. The Morgan fingerprint density at radius 3 is 2.00 bits per heavy atom. The number of carbonyl (C=O) groups is 1. The molecule has 0 aliphatic carbocycles. The molecule has 1 amide bonds. The Labute approximate surface area is 241 Å². The molecule has 0 saturated carbocycles. The fraction of sp³-hybridized carbons (Fsp3) is 0.739. The van der Waals surface area contributed by atoms with Crippen molar-refractivity contribution in [3.8, 4) is 0 Å². The third kappa shape index (κ3) is 13.7. The minimum Gasteiger partial charge on any atom is -0.385 e. The van der Waals surface area contributed by atoms with E-state index in [2.05, 4.69) is 23.7 Å². The molecule has 2 heterocycles. The van der Waals surface area contributed by atoms with Gasteiger partial charge in [-0.1, -0.05) is 47.0 Å². The van der Waals surface area contributed by atoms with E-state index >= 15 is 0 Å². The summed E-state index contributed by atoms with van der Waals surface area (Å²) < 4.78 is 4.80. The molecule has 214 valence electrons. The maximum atomic E-state index is 11.5. The van der Waals surface area contributed by atoms with Gasteiger partial charge < -0.3 is 64.3 Å². The number of likely N-dealkylation sites (tertiary alicyclic amines) is 1. The van der Waals surface area contributed by atoms with Gasteiger partial charge in [-0.05, 0) is 24.8 Å². The van der Waals surface area contributed by atoms with E-state index in [9.17, 15) is 4.79 Å². The van der Waals surface area contributed by atoms with Crippen molar-refractivity contribution in [3.63, 3.8) is 0 Å². The zero-order chi connectivity index (χ0) is 28.7. The molecule has 8 N–H and O–H groups in total. The summed E-state index contributed by atoms with van der Waals surface area (Å²) in [4.78, 5) is 12.7. The first kappa shape index (κ1) is 40.7. The molecular weight excluding hydrogens is 501 g/mol. The quantitative estimate of drug-likeness (QED) is 0.0973. The third-order valence-corrected chi connectivity index (χ3v) is 4.98. The molecule has 0 radical (unpaired) electrons. The average Bonchev–Trinajstić information content (AvgIpc) is 3.47. The Kier molecular flexibility index (Phi) is 21.2. The second-order valence-electron chi connectivity index (χ2n) is 7.54. The summed E-state index contributed by atoms with van der Waals surface area (Å²) in [6.45, 7) is 18.2. The van der Waals surface area contributed by atoms with Crippen LogP contribution in [-0.2, 0) is 10.8 Å². The molecule has 1 aliphatic rings. The van der Waals surface area contributed by atoms with Gasteiger partial charge in [0.25, 0.3) is 0 Å². The van der Waals surface area contributed by atoms with Crippen molar-refractivity contribution < 1.29 is 79.9 Å². The van der Waals surface area contributed by atoms with Crippen LogP contribution in [-0.4, -0.2) is 86.7 Å². The van der Waals surface area contributed by atoms with Crippen LogP contribution in [0.4, 0.5) is 4.79 Å². The maximum Gasteiger partial charge on any atom is 1.00 e. The first-order chi connectivity index (χ1) is 16.7. The van der Waals surface area contributed by atoms with Gasteiger partial charge in [0, 0.05) is 25.0 Å². The topological polar surface area (TPSA) is 209 Å². The number of rotatable bonds is 8. The van der Waals surface area contributed by atoms with Gasteiger partial charge in [-0.2, -0.15) is 22.6 Å². The number of carbonyl (C=O) groups excluding carboxylic acids is 1. The molecule has 0 spiro atoms. The Hall–Kier alpha value is -0.840. The predicted molar refractivity (Wildman–Crippen MR) is 130 cm³/mol. The summed E-state index contributed by atoms with van der Waals surface area (Å²) in [6.07, 6.45) is 1.08. The fourth-order valence-corrected chi connectivity index (χ4v) is 3.21. The van der Waals surface area contributed by atoms with Crippen LogP contribution in [0.3, 0.4) is 0 Å². The van der Waals surface area contributed by atoms with E-state index in [0.29, 0.717) is 37.5 Å². The van der Waals surface area contributed by atoms with Crippen molar-refractivity contribution in [2.45, 2.75) is 90.7 Å². The Bertz CT molecular complexity index is 716. The summed E-state index contributed by atoms with van der Waals surface area (Å²) in [5.74, 6) is -7.45. The van der Waals surface area contributed by atoms with E-state index in [1.54, 1.807) is 6.07 Å². The summed E-state index contributed by atoms with van der Waals surface area (Å²) in [7, 11) is 0. The van der Waals surface area contributed by atoms with Crippen LogP contribution in [0.5, 0.6) is 0 Å². The normalized spacial score (nSPS) is 15.4. The molecule has 0 aromatic carbocycles. The number of hydrogen-bond acceptors (Lipinski definition) is 11.